The summed E-state index contributed by atoms with van der Waals surface area (Å²) in [5, 5.41) is 11.0. The molecule has 1 aliphatic rings. The van der Waals surface area contributed by atoms with Gasteiger partial charge < -0.3 is 9.84 Å². The Morgan fingerprint density at radius 3 is 3.00 bits per heavy atom. The van der Waals surface area contributed by atoms with Gasteiger partial charge in [0.25, 0.3) is 0 Å². The summed E-state index contributed by atoms with van der Waals surface area (Å²) in [5.41, 5.74) is 0. The summed E-state index contributed by atoms with van der Waals surface area (Å²) >= 11 is 0. The largest absolute Gasteiger partial charge is 0.507 e. The lowest BCUT2D eigenvalue weighted by atomic mass is 10.4. The molecule has 1 rings (SSSR count). The van der Waals surface area contributed by atoms with Gasteiger partial charge in [-0.2, -0.15) is 0 Å². The van der Waals surface area contributed by atoms with Gasteiger partial charge in [0.05, 0.1) is 0 Å². The number of ether oxygens (including phenoxy) is 1. The van der Waals surface area contributed by atoms with E-state index in [0.29, 0.717) is 0 Å². The molecule has 0 aromatic heterocycles. The molecule has 0 bridgehead atoms. The average Bonchev–Trinajstić information content (AvgIpc) is 2.15. The molecular weight excluding hydrogens is 122 g/mol. The highest BCUT2D eigenvalue weighted by atomic mass is 16.7. The van der Waals surface area contributed by atoms with Crippen molar-refractivity contribution in [2.24, 2.45) is 0 Å². The standard InChI is InChI=1S/C5H9NO3/c7-5(8)9-4-2-1-3-6-4/h4,6H,1-3H2,(H,7,8). The Labute approximate surface area is 52.8 Å². The number of carbonyl (C=O) groups is 1. The van der Waals surface area contributed by atoms with Crippen molar-refractivity contribution in [2.45, 2.75) is 19.1 Å². The summed E-state index contributed by atoms with van der Waals surface area (Å²) in [5.74, 6) is 0. The monoisotopic (exact) mass is 131 g/mol. The average molecular weight is 131 g/mol. The van der Waals surface area contributed by atoms with Crippen LogP contribution in [-0.2, 0) is 4.74 Å². The Balaban J connectivity index is 2.19. The molecule has 0 aromatic rings. The number of hydrogen-bond donors (Lipinski definition) is 2. The summed E-state index contributed by atoms with van der Waals surface area (Å²) in [7, 11) is 0. The minimum absolute atomic E-state index is 0.262. The third-order valence-corrected chi connectivity index (χ3v) is 1.26. The number of carboxylic acid groups (broad SMARTS) is 1. The highest BCUT2D eigenvalue weighted by Gasteiger charge is 2.16. The van der Waals surface area contributed by atoms with Crippen LogP contribution in [0.15, 0.2) is 0 Å². The lowest BCUT2D eigenvalue weighted by molar-refractivity contribution is 0.0458. The predicted molar refractivity (Wildman–Crippen MR) is 30.1 cm³/mol. The molecule has 1 unspecified atom stereocenters. The minimum Gasteiger partial charge on any atom is -0.450 e. The molecule has 2 N–H and O–H groups in total. The molecule has 9 heavy (non-hydrogen) atoms. The van der Waals surface area contributed by atoms with E-state index >= 15 is 0 Å². The topological polar surface area (TPSA) is 58.6 Å². The normalized spacial score (nSPS) is 26.0. The highest BCUT2D eigenvalue weighted by molar-refractivity contribution is 5.57. The number of nitrogens with one attached hydrogen (secondary N) is 1. The van der Waals surface area contributed by atoms with Gasteiger partial charge in [-0.1, -0.05) is 0 Å². The van der Waals surface area contributed by atoms with Gasteiger partial charge >= 0.3 is 6.16 Å². The maximum atomic E-state index is 9.89. The van der Waals surface area contributed by atoms with Gasteiger partial charge in [-0.25, -0.2) is 4.79 Å². The molecule has 1 fully saturated rings. The Morgan fingerprint density at radius 1 is 1.78 bits per heavy atom. The van der Waals surface area contributed by atoms with Crippen LogP contribution in [0.2, 0.25) is 0 Å². The van der Waals surface area contributed by atoms with Crippen LogP contribution in [-0.4, -0.2) is 24.0 Å². The summed E-state index contributed by atoms with van der Waals surface area (Å²) < 4.78 is 4.42. The van der Waals surface area contributed by atoms with E-state index in [1.54, 1.807) is 0 Å². The fourth-order valence-electron chi connectivity index (χ4n) is 0.875. The van der Waals surface area contributed by atoms with Gasteiger partial charge in [-0.3, -0.25) is 5.32 Å². The lowest BCUT2D eigenvalue weighted by Gasteiger charge is -2.06. The van der Waals surface area contributed by atoms with Crippen LogP contribution in [0.3, 0.4) is 0 Å². The summed E-state index contributed by atoms with van der Waals surface area (Å²) in [6, 6.07) is 0. The van der Waals surface area contributed by atoms with Crippen molar-refractivity contribution in [3.8, 4) is 0 Å². The van der Waals surface area contributed by atoms with Crippen LogP contribution in [0, 0.1) is 0 Å². The van der Waals surface area contributed by atoms with Crippen LogP contribution < -0.4 is 5.32 Å². The third-order valence-electron chi connectivity index (χ3n) is 1.26. The van der Waals surface area contributed by atoms with Crippen molar-refractivity contribution in [1.29, 1.82) is 0 Å². The lowest BCUT2D eigenvalue weighted by Crippen LogP contribution is -2.26. The molecular formula is C5H9NO3. The van der Waals surface area contributed by atoms with Gasteiger partial charge in [0.2, 0.25) is 0 Å². The van der Waals surface area contributed by atoms with Gasteiger partial charge in [0, 0.05) is 0 Å². The SMILES string of the molecule is O=C(O)OC1CCCN1. The van der Waals surface area contributed by atoms with Crippen LogP contribution >= 0.6 is 0 Å². The van der Waals surface area contributed by atoms with Gasteiger partial charge in [0.15, 0.2) is 6.23 Å². The molecule has 52 valence electrons. The second kappa shape index (κ2) is 2.68. The highest BCUT2D eigenvalue weighted by Crippen LogP contribution is 2.05. The molecule has 1 heterocycles. The van der Waals surface area contributed by atoms with Crippen molar-refractivity contribution >= 4 is 6.16 Å². The second-order valence-electron chi connectivity index (χ2n) is 1.97. The van der Waals surface area contributed by atoms with E-state index < -0.39 is 6.16 Å². The molecule has 1 atom stereocenters. The van der Waals surface area contributed by atoms with Gasteiger partial charge in [-0.15, -0.1) is 0 Å². The van der Waals surface area contributed by atoms with E-state index in [9.17, 15) is 4.79 Å². The van der Waals surface area contributed by atoms with Crippen molar-refractivity contribution in [3.63, 3.8) is 0 Å². The van der Waals surface area contributed by atoms with Crippen molar-refractivity contribution in [1.82, 2.24) is 5.32 Å². The van der Waals surface area contributed by atoms with Crippen molar-refractivity contribution in [3.05, 3.63) is 0 Å². The molecule has 0 aromatic carbocycles. The number of hydrogen-bond acceptors (Lipinski definition) is 3. The van der Waals surface area contributed by atoms with Crippen molar-refractivity contribution < 1.29 is 14.6 Å². The van der Waals surface area contributed by atoms with E-state index in [1.165, 1.54) is 0 Å². The fourth-order valence-corrected chi connectivity index (χ4v) is 0.875. The molecule has 0 saturated carbocycles. The van der Waals surface area contributed by atoms with Crippen LogP contribution in [0.1, 0.15) is 12.8 Å². The van der Waals surface area contributed by atoms with E-state index in [-0.39, 0.29) is 6.23 Å². The first-order valence-electron chi connectivity index (χ1n) is 2.92. The molecule has 1 saturated heterocycles. The van der Waals surface area contributed by atoms with Crippen LogP contribution in [0.25, 0.3) is 0 Å². The molecule has 1 aliphatic heterocycles. The van der Waals surface area contributed by atoms with Gasteiger partial charge in [-0.05, 0) is 19.4 Å². The quantitative estimate of drug-likeness (QED) is 0.505. The van der Waals surface area contributed by atoms with Crippen LogP contribution in [0.5, 0.6) is 0 Å². The Morgan fingerprint density at radius 2 is 2.56 bits per heavy atom. The smallest absolute Gasteiger partial charge is 0.450 e. The number of rotatable bonds is 1. The van der Waals surface area contributed by atoms with E-state index in [1.807, 2.05) is 0 Å². The summed E-state index contributed by atoms with van der Waals surface area (Å²) in [6.45, 7) is 0.859. The van der Waals surface area contributed by atoms with E-state index in [2.05, 4.69) is 10.1 Å². The fraction of sp³-hybridized carbons (Fsp3) is 0.800. The minimum atomic E-state index is -1.20. The zero-order chi connectivity index (χ0) is 6.69. The molecule has 0 spiro atoms. The van der Waals surface area contributed by atoms with Crippen molar-refractivity contribution in [2.75, 3.05) is 6.54 Å². The maximum Gasteiger partial charge on any atom is 0.507 e. The first-order valence-corrected chi connectivity index (χ1v) is 2.92. The van der Waals surface area contributed by atoms with Gasteiger partial charge in [0.1, 0.15) is 0 Å². The Bertz CT molecular complexity index is 109. The Hall–Kier alpha value is -0.770. The predicted octanol–water partition coefficient (Wildman–Crippen LogP) is 0.390. The first-order chi connectivity index (χ1) is 4.29. The van der Waals surface area contributed by atoms with E-state index in [4.69, 9.17) is 5.11 Å². The summed E-state index contributed by atoms with van der Waals surface area (Å²) in [6.07, 6.45) is 0.335. The Kier molecular flexibility index (Phi) is 1.89. The first kappa shape index (κ1) is 6.35. The molecule has 0 amide bonds. The third kappa shape index (κ3) is 1.89. The zero-order valence-electron chi connectivity index (χ0n) is 4.96. The molecule has 0 aliphatic carbocycles. The molecule has 0 radical (unpaired) electrons. The molecule has 4 heteroatoms. The zero-order valence-corrected chi connectivity index (χ0v) is 4.96. The summed E-state index contributed by atoms with van der Waals surface area (Å²) in [4.78, 5) is 9.89. The maximum absolute atomic E-state index is 9.89. The second-order valence-corrected chi connectivity index (χ2v) is 1.97. The van der Waals surface area contributed by atoms with Crippen LogP contribution in [0.4, 0.5) is 4.79 Å². The molecule has 4 nitrogen and oxygen atoms in total. The van der Waals surface area contributed by atoms with E-state index in [0.717, 1.165) is 19.4 Å².